The lowest BCUT2D eigenvalue weighted by atomic mass is 10.2. The van der Waals surface area contributed by atoms with E-state index in [9.17, 15) is 0 Å². The fourth-order valence-corrected chi connectivity index (χ4v) is 0.670. The Bertz CT molecular complexity index is 155. The molecule has 0 amide bonds. The van der Waals surface area contributed by atoms with E-state index in [-0.39, 0.29) is 6.61 Å². The monoisotopic (exact) mass is 168 g/mol. The average molecular weight is 168 g/mol. The van der Waals surface area contributed by atoms with E-state index in [1.807, 2.05) is 6.11 Å². The minimum atomic E-state index is -0.563. The summed E-state index contributed by atoms with van der Waals surface area (Å²) in [7, 11) is 0. The molecule has 0 aliphatic heterocycles. The van der Waals surface area contributed by atoms with E-state index >= 15 is 0 Å². The molecule has 1 unspecified atom stereocenters. The topological polar surface area (TPSA) is 38.7 Å². The van der Waals surface area contributed by atoms with Gasteiger partial charge in [0.25, 0.3) is 0 Å². The molecule has 1 N–H and O–H groups in total. The van der Waals surface area contributed by atoms with Crippen LogP contribution in [0.1, 0.15) is 19.3 Å². The maximum atomic E-state index is 9.16. The molecular formula is C9H12O3. The van der Waals surface area contributed by atoms with Gasteiger partial charge in [-0.05, 0) is 12.8 Å². The molecule has 0 heterocycles. The minimum Gasteiger partial charge on any atom is -0.391 e. The molecule has 0 radical (unpaired) electrons. The van der Waals surface area contributed by atoms with Crippen molar-refractivity contribution in [3.63, 3.8) is 0 Å². The highest BCUT2D eigenvalue weighted by atomic mass is 17.2. The Morgan fingerprint density at radius 2 is 2.17 bits per heavy atom. The second kappa shape index (κ2) is 7.94. The number of hydrogen-bond acceptors (Lipinski definition) is 3. The molecular weight excluding hydrogens is 156 g/mol. The second-order valence-electron chi connectivity index (χ2n) is 2.24. The third kappa shape index (κ3) is 6.95. The summed E-state index contributed by atoms with van der Waals surface area (Å²) in [5, 5.41) is 9.16. The summed E-state index contributed by atoms with van der Waals surface area (Å²) in [5.74, 6) is 2.47. The minimum absolute atomic E-state index is 0.0781. The van der Waals surface area contributed by atoms with Gasteiger partial charge in [0, 0.05) is 6.42 Å². The van der Waals surface area contributed by atoms with Crippen LogP contribution in [0.2, 0.25) is 0 Å². The summed E-state index contributed by atoms with van der Waals surface area (Å²) in [6, 6.07) is 0. The highest BCUT2D eigenvalue weighted by molar-refractivity contribution is 4.83. The van der Waals surface area contributed by atoms with E-state index in [2.05, 4.69) is 15.7 Å². The standard InChI is InChI=1S/C9H12O3/c1-3-5-6-7-9(10)8-12-11-4-2/h1-2,9-10H,5-8H2. The van der Waals surface area contributed by atoms with Crippen LogP contribution in [0.15, 0.2) is 0 Å². The zero-order valence-corrected chi connectivity index (χ0v) is 6.82. The van der Waals surface area contributed by atoms with Gasteiger partial charge in [-0.1, -0.05) is 6.42 Å². The van der Waals surface area contributed by atoms with Crippen LogP contribution in [0, 0.1) is 24.9 Å². The first-order valence-corrected chi connectivity index (χ1v) is 3.67. The highest BCUT2D eigenvalue weighted by Gasteiger charge is 2.03. The van der Waals surface area contributed by atoms with E-state index in [0.717, 1.165) is 6.42 Å². The quantitative estimate of drug-likeness (QED) is 0.274. The summed E-state index contributed by atoms with van der Waals surface area (Å²) in [4.78, 5) is 8.58. The largest absolute Gasteiger partial charge is 0.391 e. The van der Waals surface area contributed by atoms with Crippen LogP contribution in [0.5, 0.6) is 0 Å². The van der Waals surface area contributed by atoms with Crippen molar-refractivity contribution >= 4 is 0 Å². The zero-order valence-electron chi connectivity index (χ0n) is 6.82. The molecule has 0 saturated heterocycles. The normalized spacial score (nSPS) is 11.2. The van der Waals surface area contributed by atoms with E-state index < -0.39 is 6.10 Å². The Morgan fingerprint density at radius 1 is 1.42 bits per heavy atom. The molecule has 0 aromatic heterocycles. The van der Waals surface area contributed by atoms with Gasteiger partial charge in [0.05, 0.1) is 6.10 Å². The van der Waals surface area contributed by atoms with Crippen LogP contribution in [-0.4, -0.2) is 17.8 Å². The third-order valence-electron chi connectivity index (χ3n) is 1.23. The number of aliphatic hydroxyl groups excluding tert-OH is 1. The maximum Gasteiger partial charge on any atom is 0.153 e. The van der Waals surface area contributed by atoms with Crippen molar-refractivity contribution < 1.29 is 14.9 Å². The summed E-state index contributed by atoms with van der Waals surface area (Å²) in [6.07, 6.45) is 13.0. The lowest BCUT2D eigenvalue weighted by Gasteiger charge is -2.06. The molecule has 0 aromatic carbocycles. The molecule has 0 fully saturated rings. The molecule has 0 bridgehead atoms. The predicted molar refractivity (Wildman–Crippen MR) is 44.6 cm³/mol. The fraction of sp³-hybridized carbons (Fsp3) is 0.556. The lowest BCUT2D eigenvalue weighted by Crippen LogP contribution is -2.14. The summed E-state index contributed by atoms with van der Waals surface area (Å²) in [6.45, 7) is 0.0781. The molecule has 0 saturated carbocycles. The van der Waals surface area contributed by atoms with Gasteiger partial charge in [-0.2, -0.15) is 4.89 Å². The lowest BCUT2D eigenvalue weighted by molar-refractivity contribution is -0.251. The van der Waals surface area contributed by atoms with Crippen LogP contribution in [0.3, 0.4) is 0 Å². The maximum absolute atomic E-state index is 9.16. The van der Waals surface area contributed by atoms with Gasteiger partial charge in [0.1, 0.15) is 6.61 Å². The van der Waals surface area contributed by atoms with Gasteiger partial charge in [0.2, 0.25) is 0 Å². The van der Waals surface area contributed by atoms with Gasteiger partial charge >= 0.3 is 0 Å². The van der Waals surface area contributed by atoms with Crippen LogP contribution < -0.4 is 0 Å². The molecule has 12 heavy (non-hydrogen) atoms. The Hall–Kier alpha value is -1.16. The Morgan fingerprint density at radius 3 is 2.75 bits per heavy atom. The summed E-state index contributed by atoms with van der Waals surface area (Å²) in [5.41, 5.74) is 0. The van der Waals surface area contributed by atoms with Gasteiger partial charge < -0.3 is 5.11 Å². The second-order valence-corrected chi connectivity index (χ2v) is 2.24. The van der Waals surface area contributed by atoms with Gasteiger partial charge in [-0.3, -0.25) is 4.89 Å². The zero-order chi connectivity index (χ0) is 9.23. The van der Waals surface area contributed by atoms with Gasteiger partial charge in [-0.25, -0.2) is 0 Å². The molecule has 0 aliphatic rings. The molecule has 1 atom stereocenters. The molecule has 0 aliphatic carbocycles. The number of terminal acetylenes is 2. The van der Waals surface area contributed by atoms with Gasteiger partial charge in [0.15, 0.2) is 6.11 Å². The Labute approximate surface area is 72.6 Å². The van der Waals surface area contributed by atoms with Crippen LogP contribution in [0.4, 0.5) is 0 Å². The third-order valence-corrected chi connectivity index (χ3v) is 1.23. The van der Waals surface area contributed by atoms with Crippen molar-refractivity contribution in [3.05, 3.63) is 0 Å². The van der Waals surface area contributed by atoms with Crippen molar-refractivity contribution in [1.29, 1.82) is 0 Å². The average Bonchev–Trinajstić information content (AvgIpc) is 2.06. The molecule has 0 rings (SSSR count). The number of aliphatic hydroxyl groups is 1. The summed E-state index contributed by atoms with van der Waals surface area (Å²) >= 11 is 0. The van der Waals surface area contributed by atoms with Crippen molar-refractivity contribution in [1.82, 2.24) is 0 Å². The van der Waals surface area contributed by atoms with Gasteiger partial charge in [-0.15, -0.1) is 12.3 Å². The first kappa shape index (κ1) is 10.8. The van der Waals surface area contributed by atoms with Crippen molar-refractivity contribution in [2.75, 3.05) is 6.61 Å². The molecule has 0 spiro atoms. The SMILES string of the molecule is C#CCCCC(O)COOC#C. The number of rotatable bonds is 6. The smallest absolute Gasteiger partial charge is 0.153 e. The Balaban J connectivity index is 3.18. The molecule has 3 nitrogen and oxygen atoms in total. The molecule has 3 heteroatoms. The van der Waals surface area contributed by atoms with E-state index in [1.54, 1.807) is 0 Å². The first-order valence-electron chi connectivity index (χ1n) is 3.67. The number of hydrogen-bond donors (Lipinski definition) is 1. The van der Waals surface area contributed by atoms with Crippen LogP contribution in [-0.2, 0) is 9.78 Å². The predicted octanol–water partition coefficient (Wildman–Crippen LogP) is 0.690. The highest BCUT2D eigenvalue weighted by Crippen LogP contribution is 2.00. The van der Waals surface area contributed by atoms with Crippen LogP contribution >= 0.6 is 0 Å². The Kier molecular flexibility index (Phi) is 7.17. The van der Waals surface area contributed by atoms with Crippen LogP contribution in [0.25, 0.3) is 0 Å². The number of unbranched alkanes of at least 4 members (excludes halogenated alkanes) is 1. The molecule has 0 aromatic rings. The first-order chi connectivity index (χ1) is 5.81. The van der Waals surface area contributed by atoms with E-state index in [0.29, 0.717) is 12.8 Å². The molecule has 66 valence electrons. The van der Waals surface area contributed by atoms with Crippen molar-refractivity contribution in [2.45, 2.75) is 25.4 Å². The van der Waals surface area contributed by atoms with Crippen molar-refractivity contribution in [2.24, 2.45) is 0 Å². The fourth-order valence-electron chi connectivity index (χ4n) is 0.670. The summed E-state index contributed by atoms with van der Waals surface area (Å²) < 4.78 is 0. The van der Waals surface area contributed by atoms with Crippen molar-refractivity contribution in [3.8, 4) is 24.9 Å². The van der Waals surface area contributed by atoms with E-state index in [4.69, 9.17) is 18.0 Å². The van der Waals surface area contributed by atoms with E-state index in [1.165, 1.54) is 0 Å².